The third-order valence-electron chi connectivity index (χ3n) is 4.94. The molecular weight excluding hydrogens is 272 g/mol. The van der Waals surface area contributed by atoms with Crippen LogP contribution in [0.4, 0.5) is 0 Å². The number of rotatable bonds is 6. The Hall–Kier alpha value is -1.35. The Morgan fingerprint density at radius 1 is 1.23 bits per heavy atom. The molecule has 1 aliphatic heterocycles. The lowest BCUT2D eigenvalue weighted by Gasteiger charge is -2.35. The van der Waals surface area contributed by atoms with E-state index in [2.05, 4.69) is 54.4 Å². The van der Waals surface area contributed by atoms with Crippen LogP contribution in [0.1, 0.15) is 45.6 Å². The number of carbonyl (C=O) groups is 1. The molecule has 1 aromatic rings. The molecule has 2 unspecified atom stereocenters. The molecule has 22 heavy (non-hydrogen) atoms. The molecule has 1 aromatic carbocycles. The van der Waals surface area contributed by atoms with Gasteiger partial charge in [0.05, 0.1) is 6.04 Å². The second kappa shape index (κ2) is 8.33. The van der Waals surface area contributed by atoms with Gasteiger partial charge < -0.3 is 5.32 Å². The van der Waals surface area contributed by atoms with Crippen LogP contribution in [0.15, 0.2) is 30.3 Å². The minimum Gasteiger partial charge on any atom is -0.352 e. The van der Waals surface area contributed by atoms with Crippen LogP contribution >= 0.6 is 0 Å². The molecular formula is C19H30N2O. The number of carbonyl (C=O) groups excluding carboxylic acids is 1. The van der Waals surface area contributed by atoms with Crippen molar-refractivity contribution >= 4 is 5.91 Å². The minimum absolute atomic E-state index is 0.00771. The third kappa shape index (κ3) is 4.84. The molecule has 0 saturated carbocycles. The van der Waals surface area contributed by atoms with Crippen molar-refractivity contribution in [3.63, 3.8) is 0 Å². The first kappa shape index (κ1) is 17.0. The van der Waals surface area contributed by atoms with Crippen LogP contribution in [0.2, 0.25) is 0 Å². The predicted octanol–water partition coefficient (Wildman–Crippen LogP) is 3.24. The first-order valence-electron chi connectivity index (χ1n) is 8.68. The highest BCUT2D eigenvalue weighted by atomic mass is 16.2. The fourth-order valence-corrected chi connectivity index (χ4v) is 3.12. The second-order valence-electron chi connectivity index (χ2n) is 6.66. The van der Waals surface area contributed by atoms with Crippen LogP contribution in [-0.2, 0) is 11.2 Å². The number of nitrogens with zero attached hydrogens (tertiary/aromatic N) is 1. The molecule has 1 fully saturated rings. The molecule has 0 radical (unpaired) electrons. The Labute approximate surface area is 135 Å². The monoisotopic (exact) mass is 302 g/mol. The number of hydrogen-bond acceptors (Lipinski definition) is 2. The van der Waals surface area contributed by atoms with Crippen LogP contribution in [0, 0.1) is 5.92 Å². The van der Waals surface area contributed by atoms with Crippen LogP contribution in [0.25, 0.3) is 0 Å². The van der Waals surface area contributed by atoms with E-state index < -0.39 is 0 Å². The molecule has 1 amide bonds. The van der Waals surface area contributed by atoms with Crippen molar-refractivity contribution in [1.29, 1.82) is 0 Å². The maximum atomic E-state index is 12.2. The van der Waals surface area contributed by atoms with E-state index in [-0.39, 0.29) is 18.0 Å². The SMILES string of the molecule is CCC(C)NC(=O)C(C)N1CCC(Cc2ccccc2)CC1. The molecule has 2 rings (SSSR count). The van der Waals surface area contributed by atoms with Crippen LogP contribution in [-0.4, -0.2) is 36.0 Å². The zero-order chi connectivity index (χ0) is 15.9. The highest BCUT2D eigenvalue weighted by Crippen LogP contribution is 2.22. The van der Waals surface area contributed by atoms with Gasteiger partial charge in [0.1, 0.15) is 0 Å². The summed E-state index contributed by atoms with van der Waals surface area (Å²) < 4.78 is 0. The van der Waals surface area contributed by atoms with Gasteiger partial charge in [0.2, 0.25) is 5.91 Å². The Bertz CT molecular complexity index is 452. The van der Waals surface area contributed by atoms with Gasteiger partial charge in [0, 0.05) is 6.04 Å². The van der Waals surface area contributed by atoms with Gasteiger partial charge in [-0.1, -0.05) is 37.3 Å². The summed E-state index contributed by atoms with van der Waals surface area (Å²) in [6.45, 7) is 8.27. The van der Waals surface area contributed by atoms with Gasteiger partial charge in [0.25, 0.3) is 0 Å². The zero-order valence-corrected chi connectivity index (χ0v) is 14.2. The molecule has 3 nitrogen and oxygen atoms in total. The van der Waals surface area contributed by atoms with Gasteiger partial charge in [-0.15, -0.1) is 0 Å². The number of hydrogen-bond donors (Lipinski definition) is 1. The Kier molecular flexibility index (Phi) is 6.44. The second-order valence-corrected chi connectivity index (χ2v) is 6.66. The zero-order valence-electron chi connectivity index (χ0n) is 14.2. The maximum absolute atomic E-state index is 12.2. The molecule has 0 aromatic heterocycles. The Morgan fingerprint density at radius 3 is 2.45 bits per heavy atom. The molecule has 2 atom stereocenters. The molecule has 122 valence electrons. The van der Waals surface area contributed by atoms with E-state index in [0.29, 0.717) is 0 Å². The normalized spacial score (nSPS) is 19.6. The van der Waals surface area contributed by atoms with Gasteiger partial charge in [-0.2, -0.15) is 0 Å². The summed E-state index contributed by atoms with van der Waals surface area (Å²) >= 11 is 0. The Balaban J connectivity index is 1.77. The van der Waals surface area contributed by atoms with Crippen molar-refractivity contribution < 1.29 is 4.79 Å². The van der Waals surface area contributed by atoms with Crippen LogP contribution < -0.4 is 5.32 Å². The summed E-state index contributed by atoms with van der Waals surface area (Å²) in [7, 11) is 0. The summed E-state index contributed by atoms with van der Waals surface area (Å²) in [5, 5.41) is 3.10. The van der Waals surface area contributed by atoms with Crippen molar-refractivity contribution in [2.45, 2.75) is 58.5 Å². The average Bonchev–Trinajstić information content (AvgIpc) is 2.55. The predicted molar refractivity (Wildman–Crippen MR) is 91.8 cm³/mol. The number of likely N-dealkylation sites (tertiary alicyclic amines) is 1. The topological polar surface area (TPSA) is 32.3 Å². The number of piperidine rings is 1. The third-order valence-corrected chi connectivity index (χ3v) is 4.94. The molecule has 0 aliphatic carbocycles. The Morgan fingerprint density at radius 2 is 1.86 bits per heavy atom. The highest BCUT2D eigenvalue weighted by Gasteiger charge is 2.26. The molecule has 0 spiro atoms. The van der Waals surface area contributed by atoms with Crippen molar-refractivity contribution in [3.05, 3.63) is 35.9 Å². The average molecular weight is 302 g/mol. The molecule has 1 heterocycles. The summed E-state index contributed by atoms with van der Waals surface area (Å²) in [5.74, 6) is 0.930. The van der Waals surface area contributed by atoms with Crippen LogP contribution in [0.3, 0.4) is 0 Å². The smallest absolute Gasteiger partial charge is 0.237 e. The van der Waals surface area contributed by atoms with E-state index in [1.54, 1.807) is 0 Å². The lowest BCUT2D eigenvalue weighted by Crippen LogP contribution is -2.50. The standard InChI is InChI=1S/C19H30N2O/c1-4-15(2)20-19(22)16(3)21-12-10-18(11-13-21)14-17-8-6-5-7-9-17/h5-9,15-16,18H,4,10-14H2,1-3H3,(H,20,22). The highest BCUT2D eigenvalue weighted by molar-refractivity contribution is 5.81. The summed E-state index contributed by atoms with van der Waals surface area (Å²) in [6.07, 6.45) is 4.53. The molecule has 1 aliphatic rings. The van der Waals surface area contributed by atoms with Crippen molar-refractivity contribution in [2.24, 2.45) is 5.92 Å². The van der Waals surface area contributed by atoms with Gasteiger partial charge in [0.15, 0.2) is 0 Å². The quantitative estimate of drug-likeness (QED) is 0.875. The molecule has 0 bridgehead atoms. The van der Waals surface area contributed by atoms with Gasteiger partial charge in [-0.25, -0.2) is 0 Å². The number of nitrogens with one attached hydrogen (secondary N) is 1. The molecule has 1 N–H and O–H groups in total. The van der Waals surface area contributed by atoms with Gasteiger partial charge >= 0.3 is 0 Å². The molecule has 3 heteroatoms. The van der Waals surface area contributed by atoms with Crippen LogP contribution in [0.5, 0.6) is 0 Å². The lowest BCUT2D eigenvalue weighted by molar-refractivity contribution is -0.127. The van der Waals surface area contributed by atoms with Gasteiger partial charge in [-0.05, 0) is 64.1 Å². The number of benzene rings is 1. The van der Waals surface area contributed by atoms with E-state index in [4.69, 9.17) is 0 Å². The van der Waals surface area contributed by atoms with Gasteiger partial charge in [-0.3, -0.25) is 9.69 Å². The van der Waals surface area contributed by atoms with Crippen molar-refractivity contribution in [2.75, 3.05) is 13.1 Å². The summed E-state index contributed by atoms with van der Waals surface area (Å²) in [6, 6.07) is 11.0. The maximum Gasteiger partial charge on any atom is 0.237 e. The van der Waals surface area contributed by atoms with E-state index in [1.165, 1.54) is 24.8 Å². The van der Waals surface area contributed by atoms with E-state index in [9.17, 15) is 4.79 Å². The summed E-state index contributed by atoms with van der Waals surface area (Å²) in [5.41, 5.74) is 1.43. The van der Waals surface area contributed by atoms with E-state index in [0.717, 1.165) is 25.4 Å². The van der Waals surface area contributed by atoms with Crippen molar-refractivity contribution in [3.8, 4) is 0 Å². The fraction of sp³-hybridized carbons (Fsp3) is 0.632. The minimum atomic E-state index is -0.00771. The molecule has 1 saturated heterocycles. The van der Waals surface area contributed by atoms with Crippen molar-refractivity contribution in [1.82, 2.24) is 10.2 Å². The first-order chi connectivity index (χ1) is 10.6. The van der Waals surface area contributed by atoms with E-state index in [1.807, 2.05) is 6.92 Å². The first-order valence-corrected chi connectivity index (χ1v) is 8.68. The summed E-state index contributed by atoms with van der Waals surface area (Å²) in [4.78, 5) is 14.6. The lowest BCUT2D eigenvalue weighted by atomic mass is 9.89. The fourth-order valence-electron chi connectivity index (χ4n) is 3.12. The number of amides is 1. The van der Waals surface area contributed by atoms with E-state index >= 15 is 0 Å². The largest absolute Gasteiger partial charge is 0.352 e.